The minimum absolute atomic E-state index is 0. The second-order valence-electron chi connectivity index (χ2n) is 2.19. The molecule has 0 aliphatic rings. The third-order valence-corrected chi connectivity index (χ3v) is 0.526. The van der Waals surface area contributed by atoms with Crippen LogP contribution in [0.3, 0.4) is 0 Å². The number of rotatable bonds is 1. The molecular formula is C4H13ClN2Zn. The van der Waals surface area contributed by atoms with Gasteiger partial charge in [-0.2, -0.15) is 0 Å². The molecule has 0 atom stereocenters. The average molecular weight is 190 g/mol. The Morgan fingerprint density at radius 1 is 1.38 bits per heavy atom. The van der Waals surface area contributed by atoms with Gasteiger partial charge in [0.15, 0.2) is 0 Å². The van der Waals surface area contributed by atoms with Gasteiger partial charge in [-0.1, -0.05) is 0 Å². The van der Waals surface area contributed by atoms with Crippen LogP contribution in [0.25, 0.3) is 0 Å². The van der Waals surface area contributed by atoms with E-state index < -0.39 is 0 Å². The van der Waals surface area contributed by atoms with E-state index in [9.17, 15) is 0 Å². The number of hydrogen-bond acceptors (Lipinski definition) is 2. The molecule has 0 fully saturated rings. The summed E-state index contributed by atoms with van der Waals surface area (Å²) in [6.45, 7) is 4.34. The van der Waals surface area contributed by atoms with Gasteiger partial charge >= 0.3 is 0 Å². The Balaban J connectivity index is -0.000000125. The number of halogens is 1. The van der Waals surface area contributed by atoms with Crippen LogP contribution in [-0.2, 0) is 19.5 Å². The van der Waals surface area contributed by atoms with Crippen LogP contribution in [0.1, 0.15) is 13.8 Å². The Bertz CT molecular complexity index is 43.8. The van der Waals surface area contributed by atoms with E-state index in [0.717, 1.165) is 0 Å². The molecule has 0 bridgehead atoms. The van der Waals surface area contributed by atoms with Gasteiger partial charge in [0, 0.05) is 31.6 Å². The van der Waals surface area contributed by atoms with Crippen molar-refractivity contribution >= 4 is 12.4 Å². The van der Waals surface area contributed by atoms with Crippen molar-refractivity contribution in [3.63, 3.8) is 0 Å². The van der Waals surface area contributed by atoms with E-state index in [1.165, 1.54) is 0 Å². The van der Waals surface area contributed by atoms with Gasteiger partial charge in [0.25, 0.3) is 0 Å². The van der Waals surface area contributed by atoms with Gasteiger partial charge in [-0.15, -0.1) is 12.4 Å². The summed E-state index contributed by atoms with van der Waals surface area (Å²) in [7, 11) is 0. The monoisotopic (exact) mass is 188 g/mol. The molecule has 0 saturated carbocycles. The Hall–Kier alpha value is 0.833. The molecule has 4 heteroatoms. The first-order valence-corrected chi connectivity index (χ1v) is 2.05. The van der Waals surface area contributed by atoms with Crippen molar-refractivity contribution in [1.82, 2.24) is 0 Å². The van der Waals surface area contributed by atoms with Crippen LogP contribution in [0.15, 0.2) is 0 Å². The first-order chi connectivity index (χ1) is 2.56. The number of nitrogens with two attached hydrogens (primary N) is 2. The molecule has 0 aromatic rings. The van der Waals surface area contributed by atoms with E-state index in [1.54, 1.807) is 0 Å². The van der Waals surface area contributed by atoms with Crippen molar-refractivity contribution in [3.8, 4) is 0 Å². The van der Waals surface area contributed by atoms with Gasteiger partial charge in [-0.3, -0.25) is 0 Å². The summed E-state index contributed by atoms with van der Waals surface area (Å²) in [5.74, 6) is 0. The molecule has 0 amide bonds. The molecule has 0 heterocycles. The zero-order valence-corrected chi connectivity index (χ0v) is 9.26. The van der Waals surface area contributed by atoms with E-state index in [4.69, 9.17) is 11.5 Å². The molecule has 0 radical (unpaired) electrons. The van der Waals surface area contributed by atoms with Gasteiger partial charge in [-0.05, 0) is 13.8 Å². The molecule has 0 saturated heterocycles. The Morgan fingerprint density at radius 2 is 1.50 bits per heavy atom. The van der Waals surface area contributed by atoms with Gasteiger partial charge in [0.1, 0.15) is 0 Å². The summed E-state index contributed by atoms with van der Waals surface area (Å²) in [5.41, 5.74) is 10.4. The Kier molecular flexibility index (Phi) is 11.9. The van der Waals surface area contributed by atoms with E-state index in [1.807, 2.05) is 13.8 Å². The zero-order valence-electron chi connectivity index (χ0n) is 5.48. The zero-order chi connectivity index (χ0) is 5.21. The SMILES string of the molecule is CC(C)(N)CN.Cl.[Zn]. The molecule has 0 aromatic heterocycles. The molecule has 8 heavy (non-hydrogen) atoms. The van der Waals surface area contributed by atoms with E-state index >= 15 is 0 Å². The van der Waals surface area contributed by atoms with Gasteiger partial charge in [0.2, 0.25) is 0 Å². The molecule has 0 rings (SSSR count). The Morgan fingerprint density at radius 3 is 1.50 bits per heavy atom. The molecule has 0 aromatic carbocycles. The standard InChI is InChI=1S/C4H12N2.ClH.Zn/c1-4(2,6)3-5;;/h3,5-6H2,1-2H3;1H;. The molecule has 2 nitrogen and oxygen atoms in total. The van der Waals surface area contributed by atoms with Crippen LogP contribution in [0.2, 0.25) is 0 Å². The van der Waals surface area contributed by atoms with Crippen molar-refractivity contribution in [3.05, 3.63) is 0 Å². The molecular weight excluding hydrogens is 177 g/mol. The second-order valence-corrected chi connectivity index (χ2v) is 2.19. The molecule has 0 aliphatic carbocycles. The van der Waals surface area contributed by atoms with Crippen LogP contribution < -0.4 is 11.5 Å². The first-order valence-electron chi connectivity index (χ1n) is 2.05. The maximum atomic E-state index is 5.41. The fourth-order valence-corrected chi connectivity index (χ4v) is 0. The second kappa shape index (κ2) is 5.96. The summed E-state index contributed by atoms with van der Waals surface area (Å²) in [5, 5.41) is 0. The van der Waals surface area contributed by atoms with E-state index in [2.05, 4.69) is 0 Å². The molecule has 4 N–H and O–H groups in total. The van der Waals surface area contributed by atoms with Crippen molar-refractivity contribution in [2.75, 3.05) is 6.54 Å². The van der Waals surface area contributed by atoms with E-state index in [-0.39, 0.29) is 37.4 Å². The van der Waals surface area contributed by atoms with Gasteiger partial charge in [0.05, 0.1) is 0 Å². The number of hydrogen-bond donors (Lipinski definition) is 2. The third kappa shape index (κ3) is 15.8. The fraction of sp³-hybridized carbons (Fsp3) is 1.00. The first kappa shape index (κ1) is 15.9. The molecule has 0 aliphatic heterocycles. The molecule has 0 spiro atoms. The van der Waals surface area contributed by atoms with Crippen LogP contribution >= 0.6 is 12.4 Å². The van der Waals surface area contributed by atoms with Crippen molar-refractivity contribution in [1.29, 1.82) is 0 Å². The van der Waals surface area contributed by atoms with Crippen molar-refractivity contribution in [2.24, 2.45) is 11.5 Å². The summed E-state index contributed by atoms with van der Waals surface area (Å²) >= 11 is 0. The molecule has 0 unspecified atom stereocenters. The average Bonchev–Trinajstić information content (AvgIpc) is 1.35. The van der Waals surface area contributed by atoms with Gasteiger partial charge < -0.3 is 11.5 Å². The van der Waals surface area contributed by atoms with Crippen LogP contribution in [0.5, 0.6) is 0 Å². The normalized spacial score (nSPS) is 9.00. The molecule has 48 valence electrons. The van der Waals surface area contributed by atoms with Crippen LogP contribution in [0.4, 0.5) is 0 Å². The summed E-state index contributed by atoms with van der Waals surface area (Å²) in [4.78, 5) is 0. The van der Waals surface area contributed by atoms with Crippen LogP contribution in [0, 0.1) is 0 Å². The Labute approximate surface area is 69.6 Å². The van der Waals surface area contributed by atoms with Gasteiger partial charge in [-0.25, -0.2) is 0 Å². The fourth-order valence-electron chi connectivity index (χ4n) is 0. The van der Waals surface area contributed by atoms with E-state index in [0.29, 0.717) is 6.54 Å². The predicted molar refractivity (Wildman–Crippen MR) is 34.6 cm³/mol. The third-order valence-electron chi connectivity index (χ3n) is 0.526. The summed E-state index contributed by atoms with van der Waals surface area (Å²) in [6, 6.07) is 0. The topological polar surface area (TPSA) is 52.0 Å². The predicted octanol–water partition coefficient (Wildman–Crippen LogP) is 0.102. The summed E-state index contributed by atoms with van der Waals surface area (Å²) in [6.07, 6.45) is 0. The van der Waals surface area contributed by atoms with Crippen molar-refractivity contribution < 1.29 is 19.5 Å². The maximum Gasteiger partial charge on any atom is 0.0221 e. The minimum Gasteiger partial charge on any atom is -0.329 e. The quantitative estimate of drug-likeness (QED) is 0.576. The summed E-state index contributed by atoms with van der Waals surface area (Å²) < 4.78 is 0. The maximum absolute atomic E-state index is 5.41. The smallest absolute Gasteiger partial charge is 0.0221 e. The van der Waals surface area contributed by atoms with Crippen molar-refractivity contribution in [2.45, 2.75) is 19.4 Å². The minimum atomic E-state index is -0.181. The largest absolute Gasteiger partial charge is 0.329 e. The van der Waals surface area contributed by atoms with Crippen LogP contribution in [-0.4, -0.2) is 12.1 Å².